The number of amides is 1. The van der Waals surface area contributed by atoms with E-state index in [9.17, 15) is 4.79 Å². The summed E-state index contributed by atoms with van der Waals surface area (Å²) in [5, 5.41) is 1.76. The molecule has 4 rings (SSSR count). The molecular weight excluding hydrogens is 410 g/mol. The molecule has 146 valence electrons. The van der Waals surface area contributed by atoms with E-state index in [1.54, 1.807) is 23.1 Å². The van der Waals surface area contributed by atoms with Crippen LogP contribution in [0.25, 0.3) is 10.2 Å². The fourth-order valence-electron chi connectivity index (χ4n) is 3.39. The first-order valence-electron chi connectivity index (χ1n) is 9.39. The van der Waals surface area contributed by atoms with E-state index in [-0.39, 0.29) is 5.91 Å². The molecule has 0 saturated carbocycles. The second-order valence-electron chi connectivity index (χ2n) is 6.76. The largest absolute Gasteiger partial charge is 0.345 e. The van der Waals surface area contributed by atoms with Crippen molar-refractivity contribution in [1.82, 2.24) is 9.88 Å². The lowest BCUT2D eigenvalue weighted by molar-refractivity contribution is 0.0746. The molecule has 4 nitrogen and oxygen atoms in total. The number of thioether (sulfide) groups is 1. The molecular formula is C21H22ClN3OS2. The number of anilines is 1. The number of aryl methyl sites for hydroxylation is 1. The van der Waals surface area contributed by atoms with Gasteiger partial charge < -0.3 is 9.80 Å². The van der Waals surface area contributed by atoms with Crippen molar-refractivity contribution in [2.75, 3.05) is 36.8 Å². The number of piperazine rings is 1. The number of thiazole rings is 1. The molecule has 1 fully saturated rings. The number of carbonyl (C=O) groups excluding carboxylic acids is 1. The van der Waals surface area contributed by atoms with Crippen molar-refractivity contribution in [1.29, 1.82) is 0 Å². The fraction of sp³-hybridized carbons (Fsp3) is 0.333. The molecule has 1 saturated heterocycles. The number of hydrogen-bond donors (Lipinski definition) is 0. The fourth-order valence-corrected chi connectivity index (χ4v) is 5.34. The normalized spacial score (nSPS) is 14.7. The topological polar surface area (TPSA) is 36.4 Å². The van der Waals surface area contributed by atoms with E-state index < -0.39 is 0 Å². The van der Waals surface area contributed by atoms with E-state index in [0.29, 0.717) is 13.1 Å². The van der Waals surface area contributed by atoms with Gasteiger partial charge in [0.1, 0.15) is 0 Å². The van der Waals surface area contributed by atoms with Gasteiger partial charge >= 0.3 is 0 Å². The number of fused-ring (bicyclic) bond motifs is 1. The number of halogens is 1. The van der Waals surface area contributed by atoms with Gasteiger partial charge in [0.05, 0.1) is 10.2 Å². The lowest BCUT2D eigenvalue weighted by atomic mass is 10.2. The van der Waals surface area contributed by atoms with E-state index in [1.807, 2.05) is 42.2 Å². The van der Waals surface area contributed by atoms with Gasteiger partial charge in [-0.25, -0.2) is 4.98 Å². The average Bonchev–Trinajstić information content (AvgIpc) is 3.16. The predicted octanol–water partition coefficient (Wildman–Crippen LogP) is 5.33. The summed E-state index contributed by atoms with van der Waals surface area (Å²) >= 11 is 9.68. The molecule has 7 heteroatoms. The van der Waals surface area contributed by atoms with Crippen LogP contribution in [0.15, 0.2) is 41.3 Å². The summed E-state index contributed by atoms with van der Waals surface area (Å²) in [7, 11) is 0. The molecule has 2 heterocycles. The molecule has 0 bridgehead atoms. The van der Waals surface area contributed by atoms with Gasteiger partial charge in [-0.1, -0.05) is 35.9 Å². The first kappa shape index (κ1) is 19.6. The highest BCUT2D eigenvalue weighted by Crippen LogP contribution is 2.34. The maximum absolute atomic E-state index is 12.9. The average molecular weight is 432 g/mol. The Kier molecular flexibility index (Phi) is 5.80. The highest BCUT2D eigenvalue weighted by molar-refractivity contribution is 7.99. The number of carbonyl (C=O) groups is 1. The number of hydrogen-bond acceptors (Lipinski definition) is 5. The molecule has 0 radical (unpaired) electrons. The van der Waals surface area contributed by atoms with Crippen LogP contribution in [0.4, 0.5) is 5.13 Å². The molecule has 0 atom stereocenters. The van der Waals surface area contributed by atoms with Crippen LogP contribution in [0.1, 0.15) is 22.8 Å². The zero-order valence-electron chi connectivity index (χ0n) is 15.9. The van der Waals surface area contributed by atoms with Gasteiger partial charge in [0.25, 0.3) is 5.91 Å². The predicted molar refractivity (Wildman–Crippen MR) is 120 cm³/mol. The van der Waals surface area contributed by atoms with Gasteiger partial charge in [-0.2, -0.15) is 0 Å². The van der Waals surface area contributed by atoms with Crippen LogP contribution < -0.4 is 4.90 Å². The number of nitrogens with zero attached hydrogens (tertiary/aromatic N) is 3. The standard InChI is InChI=1S/C21H22ClN3OS2/c1-3-27-16-6-4-5-15(13-16)20(26)24-9-11-25(12-10-24)21-23-19-14(2)17(22)7-8-18(19)28-21/h4-8,13H,3,9-12H2,1-2H3. The summed E-state index contributed by atoms with van der Waals surface area (Å²) in [6.45, 7) is 7.13. The second-order valence-corrected chi connectivity index (χ2v) is 9.51. The van der Waals surface area contributed by atoms with Crippen molar-refractivity contribution in [3.8, 4) is 0 Å². The molecule has 0 unspecified atom stereocenters. The quantitative estimate of drug-likeness (QED) is 0.523. The summed E-state index contributed by atoms with van der Waals surface area (Å²) < 4.78 is 1.15. The van der Waals surface area contributed by atoms with E-state index >= 15 is 0 Å². The van der Waals surface area contributed by atoms with E-state index in [0.717, 1.165) is 55.2 Å². The smallest absolute Gasteiger partial charge is 0.254 e. The first-order chi connectivity index (χ1) is 13.6. The third-order valence-corrected chi connectivity index (χ3v) is 7.33. The molecule has 28 heavy (non-hydrogen) atoms. The molecule has 0 spiro atoms. The highest BCUT2D eigenvalue weighted by Gasteiger charge is 2.24. The Morgan fingerprint density at radius 2 is 2.00 bits per heavy atom. The Morgan fingerprint density at radius 1 is 1.21 bits per heavy atom. The van der Waals surface area contributed by atoms with Crippen molar-refractivity contribution in [3.05, 3.63) is 52.5 Å². The minimum absolute atomic E-state index is 0.116. The van der Waals surface area contributed by atoms with E-state index in [4.69, 9.17) is 16.6 Å². The Balaban J connectivity index is 1.45. The van der Waals surface area contributed by atoms with Gasteiger partial charge in [-0.3, -0.25) is 4.79 Å². The van der Waals surface area contributed by atoms with E-state index in [1.165, 1.54) is 0 Å². The lowest BCUT2D eigenvalue weighted by Crippen LogP contribution is -2.48. The number of rotatable bonds is 4. The minimum Gasteiger partial charge on any atom is -0.345 e. The van der Waals surface area contributed by atoms with Crippen LogP contribution in [0.2, 0.25) is 5.02 Å². The van der Waals surface area contributed by atoms with Crippen molar-refractivity contribution < 1.29 is 4.79 Å². The monoisotopic (exact) mass is 431 g/mol. The maximum Gasteiger partial charge on any atom is 0.254 e. The number of benzene rings is 2. The molecule has 2 aromatic carbocycles. The molecule has 0 N–H and O–H groups in total. The van der Waals surface area contributed by atoms with Gasteiger partial charge in [0, 0.05) is 41.7 Å². The van der Waals surface area contributed by atoms with Gasteiger partial charge in [0.2, 0.25) is 0 Å². The summed E-state index contributed by atoms with van der Waals surface area (Å²) in [4.78, 5) is 23.1. The second kappa shape index (κ2) is 8.31. The van der Waals surface area contributed by atoms with Crippen LogP contribution >= 0.6 is 34.7 Å². The summed E-state index contributed by atoms with van der Waals surface area (Å²) in [5.74, 6) is 1.12. The first-order valence-corrected chi connectivity index (χ1v) is 11.6. The SMILES string of the molecule is CCSc1cccc(C(=O)N2CCN(c3nc4c(C)c(Cl)ccc4s3)CC2)c1. The maximum atomic E-state index is 12.9. The van der Waals surface area contributed by atoms with Gasteiger partial charge in [-0.15, -0.1) is 11.8 Å². The molecule has 1 aromatic heterocycles. The van der Waals surface area contributed by atoms with Crippen LogP contribution in [-0.4, -0.2) is 47.7 Å². The van der Waals surface area contributed by atoms with Gasteiger partial charge in [0.15, 0.2) is 5.13 Å². The van der Waals surface area contributed by atoms with Crippen molar-refractivity contribution in [3.63, 3.8) is 0 Å². The Hall–Kier alpha value is -1.76. The van der Waals surface area contributed by atoms with Crippen LogP contribution in [0, 0.1) is 6.92 Å². The Labute approximate surface area is 178 Å². The molecule has 1 amide bonds. The van der Waals surface area contributed by atoms with Crippen LogP contribution in [0.3, 0.4) is 0 Å². The third-order valence-electron chi connectivity index (χ3n) is 4.97. The summed E-state index contributed by atoms with van der Waals surface area (Å²) in [5.41, 5.74) is 2.79. The highest BCUT2D eigenvalue weighted by atomic mass is 35.5. The molecule has 1 aliphatic heterocycles. The van der Waals surface area contributed by atoms with Crippen LogP contribution in [0.5, 0.6) is 0 Å². The zero-order valence-corrected chi connectivity index (χ0v) is 18.3. The van der Waals surface area contributed by atoms with Crippen molar-refractivity contribution >= 4 is 56.0 Å². The number of aromatic nitrogens is 1. The van der Waals surface area contributed by atoms with Gasteiger partial charge in [-0.05, 0) is 48.6 Å². The lowest BCUT2D eigenvalue weighted by Gasteiger charge is -2.34. The zero-order chi connectivity index (χ0) is 19.7. The van der Waals surface area contributed by atoms with Crippen molar-refractivity contribution in [2.24, 2.45) is 0 Å². The summed E-state index contributed by atoms with van der Waals surface area (Å²) in [6.07, 6.45) is 0. The molecule has 1 aliphatic rings. The Morgan fingerprint density at radius 3 is 2.75 bits per heavy atom. The van der Waals surface area contributed by atoms with Crippen LogP contribution in [-0.2, 0) is 0 Å². The third kappa shape index (κ3) is 3.86. The molecule has 0 aliphatic carbocycles. The summed E-state index contributed by atoms with van der Waals surface area (Å²) in [6, 6.07) is 11.9. The Bertz CT molecular complexity index is 1010. The van der Waals surface area contributed by atoms with Crippen molar-refractivity contribution in [2.45, 2.75) is 18.7 Å². The molecule has 3 aromatic rings. The van der Waals surface area contributed by atoms with E-state index in [2.05, 4.69) is 17.9 Å². The minimum atomic E-state index is 0.116.